The van der Waals surface area contributed by atoms with Crippen molar-refractivity contribution in [3.05, 3.63) is 144 Å². The first-order valence-corrected chi connectivity index (χ1v) is 15.1. The lowest BCUT2D eigenvalue weighted by molar-refractivity contribution is 0.115. The smallest absolute Gasteiger partial charge is 0.0945 e. The molecular formula is C37H34N4. The van der Waals surface area contributed by atoms with Crippen LogP contribution in [0.5, 0.6) is 0 Å². The van der Waals surface area contributed by atoms with Crippen molar-refractivity contribution in [2.75, 3.05) is 23.1 Å². The first-order chi connectivity index (χ1) is 20.3. The Kier molecular flexibility index (Phi) is 4.98. The second kappa shape index (κ2) is 8.78. The highest BCUT2D eigenvalue weighted by Gasteiger charge is 2.46. The molecule has 5 aliphatic rings. The molecule has 1 saturated carbocycles. The SMILES string of the molecule is C1=CN2CN1c1cccc(c1)C1(c3cccc(c3)N3C=CN(C3)C3CCCCC32)c2ccccc2-c2ccccc21. The topological polar surface area (TPSA) is 13.0 Å². The van der Waals surface area contributed by atoms with Gasteiger partial charge in [0, 0.05) is 36.2 Å². The first kappa shape index (κ1) is 23.3. The Morgan fingerprint density at radius 2 is 1.00 bits per heavy atom. The molecule has 3 aliphatic heterocycles. The van der Waals surface area contributed by atoms with Crippen molar-refractivity contribution in [2.45, 2.75) is 43.2 Å². The number of anilines is 2. The van der Waals surface area contributed by atoms with Crippen molar-refractivity contribution in [3.8, 4) is 11.1 Å². The van der Waals surface area contributed by atoms with E-state index in [1.165, 1.54) is 70.4 Å². The summed E-state index contributed by atoms with van der Waals surface area (Å²) in [4.78, 5) is 10.1. The predicted octanol–water partition coefficient (Wildman–Crippen LogP) is 7.48. The van der Waals surface area contributed by atoms with E-state index in [1.54, 1.807) is 0 Å². The number of benzene rings is 4. The van der Waals surface area contributed by atoms with Crippen molar-refractivity contribution in [2.24, 2.45) is 0 Å². The average molecular weight is 535 g/mol. The molecule has 2 aliphatic carbocycles. The number of hydrogen-bond acceptors (Lipinski definition) is 4. The molecule has 9 rings (SSSR count). The zero-order valence-corrected chi connectivity index (χ0v) is 23.2. The van der Waals surface area contributed by atoms with Crippen molar-refractivity contribution in [3.63, 3.8) is 0 Å². The highest BCUT2D eigenvalue weighted by Crippen LogP contribution is 2.56. The van der Waals surface area contributed by atoms with Gasteiger partial charge in [-0.15, -0.1) is 0 Å². The fourth-order valence-corrected chi connectivity index (χ4v) is 8.36. The van der Waals surface area contributed by atoms with E-state index in [-0.39, 0.29) is 0 Å². The molecule has 4 heteroatoms. The number of rotatable bonds is 0. The first-order valence-electron chi connectivity index (χ1n) is 15.1. The molecule has 0 aromatic heterocycles. The van der Waals surface area contributed by atoms with Crippen LogP contribution < -0.4 is 9.80 Å². The lowest BCUT2D eigenvalue weighted by atomic mass is 9.67. The van der Waals surface area contributed by atoms with Gasteiger partial charge in [0.2, 0.25) is 0 Å². The van der Waals surface area contributed by atoms with Gasteiger partial charge in [0.1, 0.15) is 0 Å². The van der Waals surface area contributed by atoms with Crippen LogP contribution in [-0.4, -0.2) is 35.2 Å². The fraction of sp³-hybridized carbons (Fsp3) is 0.243. The van der Waals surface area contributed by atoms with Crippen LogP contribution in [0.4, 0.5) is 11.4 Å². The van der Waals surface area contributed by atoms with Crippen molar-refractivity contribution in [1.29, 1.82) is 0 Å². The van der Waals surface area contributed by atoms with E-state index >= 15 is 0 Å². The Labute approximate surface area is 242 Å². The predicted molar refractivity (Wildman–Crippen MR) is 166 cm³/mol. The van der Waals surface area contributed by atoms with Crippen molar-refractivity contribution < 1.29 is 0 Å². The van der Waals surface area contributed by atoms with Crippen molar-refractivity contribution >= 4 is 11.4 Å². The monoisotopic (exact) mass is 534 g/mol. The van der Waals surface area contributed by atoms with Gasteiger partial charge in [-0.05, 0) is 70.5 Å². The summed E-state index contributed by atoms with van der Waals surface area (Å²) in [5.41, 5.74) is 10.1. The van der Waals surface area contributed by atoms with Crippen LogP contribution in [-0.2, 0) is 5.41 Å². The molecular weight excluding hydrogens is 500 g/mol. The lowest BCUT2D eigenvalue weighted by Crippen LogP contribution is -2.51. The molecule has 2 atom stereocenters. The lowest BCUT2D eigenvalue weighted by Gasteiger charge is -2.43. The zero-order valence-electron chi connectivity index (χ0n) is 23.2. The summed E-state index contributed by atoms with van der Waals surface area (Å²) in [6, 6.07) is 37.8. The number of nitrogens with zero attached hydrogens (tertiary/aromatic N) is 4. The molecule has 202 valence electrons. The Morgan fingerprint density at radius 1 is 0.512 bits per heavy atom. The molecule has 0 N–H and O–H groups in total. The van der Waals surface area contributed by atoms with Gasteiger partial charge < -0.3 is 19.6 Å². The van der Waals surface area contributed by atoms with Crippen LogP contribution >= 0.6 is 0 Å². The molecule has 4 nitrogen and oxygen atoms in total. The molecule has 41 heavy (non-hydrogen) atoms. The highest BCUT2D eigenvalue weighted by atomic mass is 15.4. The Balaban J connectivity index is 1.31. The summed E-state index contributed by atoms with van der Waals surface area (Å²) in [5.74, 6) is 0. The maximum Gasteiger partial charge on any atom is 0.0945 e. The minimum absolute atomic E-state index is 0.403. The molecule has 8 bridgehead atoms. The van der Waals surface area contributed by atoms with Crippen LogP contribution in [0, 0.1) is 0 Å². The van der Waals surface area contributed by atoms with Crippen molar-refractivity contribution in [1.82, 2.24) is 9.80 Å². The summed E-state index contributed by atoms with van der Waals surface area (Å²) >= 11 is 0. The molecule has 4 aromatic rings. The average Bonchev–Trinajstić information content (AvgIpc) is 3.79. The largest absolute Gasteiger partial charge is 0.353 e. The van der Waals surface area contributed by atoms with Gasteiger partial charge in [-0.2, -0.15) is 0 Å². The normalized spacial score (nSPS) is 22.8. The summed E-state index contributed by atoms with van der Waals surface area (Å²) in [5, 5.41) is 0. The van der Waals surface area contributed by atoms with Crippen LogP contribution in [0.15, 0.2) is 122 Å². The van der Waals surface area contributed by atoms with Gasteiger partial charge in [-0.3, -0.25) is 0 Å². The summed E-state index contributed by atoms with van der Waals surface area (Å²) in [6.07, 6.45) is 14.4. The molecule has 1 spiro atoms. The van der Waals surface area contributed by atoms with Crippen LogP contribution in [0.1, 0.15) is 47.9 Å². The third-order valence-electron chi connectivity index (χ3n) is 10.2. The molecule has 2 unspecified atom stereocenters. The maximum absolute atomic E-state index is 2.60. The summed E-state index contributed by atoms with van der Waals surface area (Å²) < 4.78 is 0. The second-order valence-corrected chi connectivity index (χ2v) is 12.2. The van der Waals surface area contributed by atoms with Gasteiger partial charge in [0.05, 0.1) is 30.8 Å². The third-order valence-corrected chi connectivity index (χ3v) is 10.2. The van der Waals surface area contributed by atoms with E-state index in [1.807, 2.05) is 0 Å². The zero-order chi connectivity index (χ0) is 27.0. The Hall–Kier alpha value is -4.44. The Bertz CT molecular complexity index is 1590. The number of fused-ring (bicyclic) bond motifs is 20. The molecule has 3 heterocycles. The third kappa shape index (κ3) is 3.28. The van der Waals surface area contributed by atoms with Gasteiger partial charge in [-0.25, -0.2) is 0 Å². The number of hydrogen-bond donors (Lipinski definition) is 0. The summed E-state index contributed by atoms with van der Waals surface area (Å²) in [6.45, 7) is 1.81. The minimum Gasteiger partial charge on any atom is -0.353 e. The highest BCUT2D eigenvalue weighted by molar-refractivity contribution is 5.86. The molecule has 0 radical (unpaired) electrons. The van der Waals surface area contributed by atoms with E-state index < -0.39 is 5.41 Å². The molecule has 4 aromatic carbocycles. The fourth-order valence-electron chi connectivity index (χ4n) is 8.36. The standard InChI is InChI=1S/C37H34N4/c1-3-15-33-31(13-1)32-14-2-4-16-34(32)37(33)27-9-7-11-29(23-27)38-19-21-40(25-38)35-17-5-6-18-36(35)41-22-20-39(26-41)30-12-8-10-28(37)24-30/h1-4,7-16,19-24,35-36H,5-6,17-18,25-26H2. The van der Waals surface area contributed by atoms with Crippen LogP contribution in [0.2, 0.25) is 0 Å². The molecule has 0 amide bonds. The Morgan fingerprint density at radius 3 is 1.51 bits per heavy atom. The van der Waals surface area contributed by atoms with Gasteiger partial charge in [-0.1, -0.05) is 85.6 Å². The van der Waals surface area contributed by atoms with E-state index in [9.17, 15) is 0 Å². The van der Waals surface area contributed by atoms with E-state index in [0.29, 0.717) is 12.1 Å². The van der Waals surface area contributed by atoms with Gasteiger partial charge in [0.15, 0.2) is 0 Å². The van der Waals surface area contributed by atoms with E-state index in [0.717, 1.165) is 13.3 Å². The van der Waals surface area contributed by atoms with Gasteiger partial charge in [0.25, 0.3) is 0 Å². The summed E-state index contributed by atoms with van der Waals surface area (Å²) in [7, 11) is 0. The van der Waals surface area contributed by atoms with Crippen LogP contribution in [0.3, 0.4) is 0 Å². The van der Waals surface area contributed by atoms with E-state index in [2.05, 4.69) is 141 Å². The van der Waals surface area contributed by atoms with Crippen LogP contribution in [0.25, 0.3) is 11.1 Å². The molecule has 1 fully saturated rings. The maximum atomic E-state index is 2.60. The minimum atomic E-state index is -0.403. The van der Waals surface area contributed by atoms with Gasteiger partial charge >= 0.3 is 0 Å². The second-order valence-electron chi connectivity index (χ2n) is 12.2. The quantitative estimate of drug-likeness (QED) is 0.204. The van der Waals surface area contributed by atoms with E-state index in [4.69, 9.17) is 0 Å². The molecule has 0 saturated heterocycles.